The third kappa shape index (κ3) is 2.19. The van der Waals surface area contributed by atoms with Gasteiger partial charge in [-0.05, 0) is 56.3 Å². The molecule has 3 N–H and O–H groups in total. The summed E-state index contributed by atoms with van der Waals surface area (Å²) in [5.41, 5.74) is 5.38. The first-order valence-electron chi connectivity index (χ1n) is 7.67. The van der Waals surface area contributed by atoms with Crippen LogP contribution in [0.1, 0.15) is 38.5 Å². The first-order chi connectivity index (χ1) is 9.04. The van der Waals surface area contributed by atoms with Crippen LogP contribution in [0.15, 0.2) is 0 Å². The molecule has 108 valence electrons. The maximum Gasteiger partial charge on any atom is 0.251 e. The van der Waals surface area contributed by atoms with Crippen LogP contribution in [0.4, 0.5) is 0 Å². The van der Waals surface area contributed by atoms with Crippen LogP contribution in [0.3, 0.4) is 0 Å². The molecule has 4 nitrogen and oxygen atoms in total. The third-order valence-electron chi connectivity index (χ3n) is 5.74. The average molecular weight is 266 g/mol. The van der Waals surface area contributed by atoms with Gasteiger partial charge in [-0.15, -0.1) is 0 Å². The summed E-state index contributed by atoms with van der Waals surface area (Å²) >= 11 is 0. The van der Waals surface area contributed by atoms with Crippen molar-refractivity contribution < 1.29 is 9.90 Å². The van der Waals surface area contributed by atoms with Gasteiger partial charge in [0.05, 0.1) is 0 Å². The molecule has 0 saturated heterocycles. The number of amides is 1. The molecule has 4 saturated carbocycles. The van der Waals surface area contributed by atoms with E-state index in [1.165, 1.54) is 19.3 Å². The lowest BCUT2D eigenvalue weighted by molar-refractivity contribution is -0.163. The quantitative estimate of drug-likeness (QED) is 0.797. The summed E-state index contributed by atoms with van der Waals surface area (Å²) < 4.78 is 0. The van der Waals surface area contributed by atoms with Gasteiger partial charge in [0, 0.05) is 25.6 Å². The molecule has 0 aliphatic heterocycles. The van der Waals surface area contributed by atoms with Gasteiger partial charge >= 0.3 is 0 Å². The molecule has 0 radical (unpaired) electrons. The van der Waals surface area contributed by atoms with Gasteiger partial charge in [0.25, 0.3) is 5.91 Å². The van der Waals surface area contributed by atoms with Gasteiger partial charge in [0.1, 0.15) is 6.10 Å². The van der Waals surface area contributed by atoms with Crippen molar-refractivity contribution in [3.05, 3.63) is 0 Å². The summed E-state index contributed by atoms with van der Waals surface area (Å²) in [6.07, 6.45) is 6.36. The zero-order valence-electron chi connectivity index (χ0n) is 11.8. The van der Waals surface area contributed by atoms with Crippen molar-refractivity contribution in [2.45, 2.75) is 44.6 Å². The van der Waals surface area contributed by atoms with Gasteiger partial charge in [-0.3, -0.25) is 4.79 Å². The second-order valence-corrected chi connectivity index (χ2v) is 7.23. The number of carbonyl (C=O) groups excluding carboxylic acids is 1. The van der Waals surface area contributed by atoms with Gasteiger partial charge < -0.3 is 15.7 Å². The van der Waals surface area contributed by atoms with Crippen molar-refractivity contribution in [2.75, 3.05) is 20.1 Å². The largest absolute Gasteiger partial charge is 0.383 e. The Morgan fingerprint density at radius 1 is 1.26 bits per heavy atom. The van der Waals surface area contributed by atoms with Crippen molar-refractivity contribution in [1.82, 2.24) is 4.90 Å². The molecular weight excluding hydrogens is 240 g/mol. The number of aliphatic hydroxyl groups is 1. The van der Waals surface area contributed by atoms with Crippen LogP contribution >= 0.6 is 0 Å². The monoisotopic (exact) mass is 266 g/mol. The second kappa shape index (κ2) is 4.74. The number of carbonyl (C=O) groups is 1. The summed E-state index contributed by atoms with van der Waals surface area (Å²) in [6.45, 7) is 0.984. The summed E-state index contributed by atoms with van der Waals surface area (Å²) in [5.74, 6) is 2.16. The van der Waals surface area contributed by atoms with Crippen molar-refractivity contribution in [3.63, 3.8) is 0 Å². The Balaban J connectivity index is 1.75. The number of rotatable bonds is 4. The third-order valence-corrected chi connectivity index (χ3v) is 5.74. The lowest BCUT2D eigenvalue weighted by Gasteiger charge is -2.58. The van der Waals surface area contributed by atoms with Gasteiger partial charge in [0.15, 0.2) is 0 Å². The summed E-state index contributed by atoms with van der Waals surface area (Å²) in [5, 5.41) is 10.6. The fraction of sp³-hybridized carbons (Fsp3) is 0.933. The zero-order chi connectivity index (χ0) is 13.6. The molecule has 0 aromatic heterocycles. The van der Waals surface area contributed by atoms with Crippen molar-refractivity contribution >= 4 is 5.91 Å². The van der Waals surface area contributed by atoms with E-state index >= 15 is 0 Å². The van der Waals surface area contributed by atoms with Crippen LogP contribution in [-0.4, -0.2) is 42.2 Å². The Morgan fingerprint density at radius 3 is 2.16 bits per heavy atom. The van der Waals surface area contributed by atoms with E-state index in [1.807, 2.05) is 0 Å². The maximum absolute atomic E-state index is 12.4. The normalized spacial score (nSPS) is 41.3. The Labute approximate surface area is 115 Å². The van der Waals surface area contributed by atoms with Crippen LogP contribution in [0.5, 0.6) is 0 Å². The van der Waals surface area contributed by atoms with Crippen LogP contribution in [0.2, 0.25) is 0 Å². The van der Waals surface area contributed by atoms with Crippen LogP contribution in [0, 0.1) is 23.2 Å². The Bertz CT molecular complexity index is 334. The Morgan fingerprint density at radius 2 is 1.74 bits per heavy atom. The summed E-state index contributed by atoms with van der Waals surface area (Å²) in [7, 11) is 1.75. The van der Waals surface area contributed by atoms with E-state index in [0.717, 1.165) is 37.0 Å². The molecule has 0 aromatic rings. The zero-order valence-corrected chi connectivity index (χ0v) is 11.8. The molecular formula is C15H26N2O2. The fourth-order valence-corrected chi connectivity index (χ4v) is 5.29. The van der Waals surface area contributed by atoms with E-state index in [0.29, 0.717) is 13.1 Å². The fourth-order valence-electron chi connectivity index (χ4n) is 5.29. The molecule has 19 heavy (non-hydrogen) atoms. The molecule has 1 unspecified atom stereocenters. The molecule has 0 heterocycles. The molecule has 0 spiro atoms. The Hall–Kier alpha value is -0.610. The van der Waals surface area contributed by atoms with E-state index in [-0.39, 0.29) is 11.3 Å². The lowest BCUT2D eigenvalue weighted by Crippen LogP contribution is -2.56. The van der Waals surface area contributed by atoms with E-state index in [2.05, 4.69) is 0 Å². The smallest absolute Gasteiger partial charge is 0.251 e. The minimum Gasteiger partial charge on any atom is -0.383 e. The molecule has 4 fully saturated rings. The SMILES string of the molecule is CN(CCN)C(=O)C(O)C12CC3CC(CC(C3)C1)C2. The van der Waals surface area contributed by atoms with Gasteiger partial charge in [-0.1, -0.05) is 0 Å². The number of likely N-dealkylation sites (N-methyl/N-ethyl adjacent to an activating group) is 1. The first-order valence-corrected chi connectivity index (χ1v) is 7.67. The van der Waals surface area contributed by atoms with Crippen LogP contribution < -0.4 is 5.73 Å². The minimum atomic E-state index is -0.808. The Kier molecular flexibility index (Phi) is 3.34. The highest BCUT2D eigenvalue weighted by Gasteiger charge is 2.55. The molecule has 1 amide bonds. The summed E-state index contributed by atoms with van der Waals surface area (Å²) in [6, 6.07) is 0. The van der Waals surface area contributed by atoms with Crippen molar-refractivity contribution in [1.29, 1.82) is 0 Å². The predicted octanol–water partition coefficient (Wildman–Crippen LogP) is 0.981. The number of aliphatic hydroxyl groups excluding tert-OH is 1. The van der Waals surface area contributed by atoms with Gasteiger partial charge in [-0.25, -0.2) is 0 Å². The second-order valence-electron chi connectivity index (χ2n) is 7.23. The highest BCUT2D eigenvalue weighted by atomic mass is 16.3. The molecule has 4 aliphatic rings. The average Bonchev–Trinajstić information content (AvgIpc) is 2.35. The number of nitrogens with zero attached hydrogens (tertiary/aromatic N) is 1. The van der Waals surface area contributed by atoms with E-state index in [4.69, 9.17) is 5.73 Å². The van der Waals surface area contributed by atoms with Crippen LogP contribution in [-0.2, 0) is 4.79 Å². The molecule has 4 rings (SSSR count). The molecule has 1 atom stereocenters. The molecule has 4 heteroatoms. The maximum atomic E-state index is 12.4. The molecule has 4 aliphatic carbocycles. The standard InChI is InChI=1S/C15H26N2O2/c1-17(3-2-16)14(19)13(18)15-7-10-4-11(8-15)6-12(5-10)9-15/h10-13,18H,2-9,16H2,1H3. The number of hydrogen-bond acceptors (Lipinski definition) is 3. The van der Waals surface area contributed by atoms with Gasteiger partial charge in [0.2, 0.25) is 0 Å². The highest BCUT2D eigenvalue weighted by molar-refractivity contribution is 5.81. The van der Waals surface area contributed by atoms with Crippen molar-refractivity contribution in [2.24, 2.45) is 28.9 Å². The first kappa shape index (κ1) is 13.4. The van der Waals surface area contributed by atoms with Gasteiger partial charge in [-0.2, -0.15) is 0 Å². The molecule has 4 bridgehead atoms. The molecule has 0 aromatic carbocycles. The van der Waals surface area contributed by atoms with Crippen LogP contribution in [0.25, 0.3) is 0 Å². The number of nitrogens with two attached hydrogens (primary N) is 1. The number of hydrogen-bond donors (Lipinski definition) is 2. The van der Waals surface area contributed by atoms with E-state index in [1.54, 1.807) is 11.9 Å². The van der Waals surface area contributed by atoms with Crippen molar-refractivity contribution in [3.8, 4) is 0 Å². The van der Waals surface area contributed by atoms with E-state index < -0.39 is 6.10 Å². The lowest BCUT2D eigenvalue weighted by atomic mass is 9.48. The van der Waals surface area contributed by atoms with E-state index in [9.17, 15) is 9.90 Å². The topological polar surface area (TPSA) is 66.6 Å². The minimum absolute atomic E-state index is 0.116. The predicted molar refractivity (Wildman–Crippen MR) is 73.3 cm³/mol. The highest BCUT2D eigenvalue weighted by Crippen LogP contribution is 2.61. The summed E-state index contributed by atoms with van der Waals surface area (Å²) in [4.78, 5) is 14.0.